The van der Waals surface area contributed by atoms with E-state index in [1.165, 1.54) is 7.11 Å². The first-order chi connectivity index (χ1) is 6.66. The lowest BCUT2D eigenvalue weighted by molar-refractivity contribution is -0.134. The molecular weight excluding hydrogens is 186 g/mol. The van der Waals surface area contributed by atoms with Crippen molar-refractivity contribution in [2.75, 3.05) is 7.11 Å². The molecule has 78 valence electrons. The molecule has 0 fully saturated rings. The molecule has 0 bridgehead atoms. The molecule has 1 amide bonds. The molecule has 0 aliphatic heterocycles. The number of rotatable bonds is 3. The molecule has 0 heterocycles. The third-order valence-electron chi connectivity index (χ3n) is 2.19. The number of hydrogen-bond acceptors (Lipinski definition) is 3. The topological polar surface area (TPSA) is 75.6 Å². The minimum Gasteiger partial charge on any atom is -0.478 e. The van der Waals surface area contributed by atoms with E-state index in [2.05, 4.69) is 10.3 Å². The zero-order chi connectivity index (χ0) is 10.6. The lowest BCUT2D eigenvalue weighted by Gasteiger charge is -2.16. The molecule has 5 nitrogen and oxygen atoms in total. The number of carbonyl (C=O) groups is 2. The molecule has 5 heteroatoms. The van der Waals surface area contributed by atoms with Crippen LogP contribution in [0, 0.1) is 0 Å². The molecule has 0 aromatic carbocycles. The normalized spacial score (nSPS) is 16.6. The molecule has 0 atom stereocenters. The number of carbonyl (C=O) groups excluding carboxylic acids is 1. The average Bonchev–Trinajstić information content (AvgIpc) is 2.18. The Morgan fingerprint density at radius 3 is 2.36 bits per heavy atom. The Hall–Kier alpha value is -1.36. The Labute approximate surface area is 81.7 Å². The lowest BCUT2D eigenvalue weighted by atomic mass is 9.91. The summed E-state index contributed by atoms with van der Waals surface area (Å²) in [4.78, 5) is 26.6. The predicted molar refractivity (Wildman–Crippen MR) is 48.3 cm³/mol. The first-order valence-corrected chi connectivity index (χ1v) is 4.45. The molecule has 2 N–H and O–H groups in total. The van der Waals surface area contributed by atoms with E-state index in [4.69, 9.17) is 5.11 Å². The zero-order valence-corrected chi connectivity index (χ0v) is 8.00. The van der Waals surface area contributed by atoms with Crippen molar-refractivity contribution in [1.82, 2.24) is 5.48 Å². The largest absolute Gasteiger partial charge is 0.478 e. The van der Waals surface area contributed by atoms with Gasteiger partial charge in [0.1, 0.15) is 0 Å². The highest BCUT2D eigenvalue weighted by atomic mass is 16.6. The smallest absolute Gasteiger partial charge is 0.332 e. The molecule has 14 heavy (non-hydrogen) atoms. The van der Waals surface area contributed by atoms with E-state index < -0.39 is 11.9 Å². The molecule has 0 radical (unpaired) electrons. The van der Waals surface area contributed by atoms with Crippen LogP contribution in [0.15, 0.2) is 11.1 Å². The average molecular weight is 199 g/mol. The molecule has 0 aromatic rings. The van der Waals surface area contributed by atoms with Gasteiger partial charge in [-0.2, -0.15) is 0 Å². The lowest BCUT2D eigenvalue weighted by Crippen LogP contribution is -2.27. The van der Waals surface area contributed by atoms with Crippen molar-refractivity contribution in [1.29, 1.82) is 0 Å². The Kier molecular flexibility index (Phi) is 3.64. The van der Waals surface area contributed by atoms with Crippen molar-refractivity contribution >= 4 is 11.9 Å². The van der Waals surface area contributed by atoms with Crippen molar-refractivity contribution in [3.8, 4) is 0 Å². The van der Waals surface area contributed by atoms with Crippen molar-refractivity contribution in [2.24, 2.45) is 0 Å². The Morgan fingerprint density at radius 2 is 1.86 bits per heavy atom. The molecule has 1 aliphatic carbocycles. The minimum atomic E-state index is -1.01. The molecule has 0 unspecified atom stereocenters. The minimum absolute atomic E-state index is 0.214. The van der Waals surface area contributed by atoms with Gasteiger partial charge in [0, 0.05) is 11.1 Å². The van der Waals surface area contributed by atoms with Gasteiger partial charge in [-0.25, -0.2) is 10.3 Å². The van der Waals surface area contributed by atoms with Crippen LogP contribution in [0.3, 0.4) is 0 Å². The van der Waals surface area contributed by atoms with Crippen LogP contribution in [0.4, 0.5) is 0 Å². The summed E-state index contributed by atoms with van der Waals surface area (Å²) in [6, 6.07) is 0. The fraction of sp³-hybridized carbons (Fsp3) is 0.556. The summed E-state index contributed by atoms with van der Waals surface area (Å²) in [5.74, 6) is -1.45. The predicted octanol–water partition coefficient (Wildman–Crippen LogP) is 0.619. The number of hydrogen-bond donors (Lipinski definition) is 2. The third kappa shape index (κ3) is 2.32. The quantitative estimate of drug-likeness (QED) is 0.653. The third-order valence-corrected chi connectivity index (χ3v) is 2.19. The van der Waals surface area contributed by atoms with Crippen LogP contribution in [-0.4, -0.2) is 24.1 Å². The first-order valence-electron chi connectivity index (χ1n) is 4.45. The molecule has 0 spiro atoms. The maximum absolute atomic E-state index is 11.4. The number of carboxylic acid groups (broad SMARTS) is 1. The van der Waals surface area contributed by atoms with E-state index >= 15 is 0 Å². The van der Waals surface area contributed by atoms with Gasteiger partial charge in [0.25, 0.3) is 5.91 Å². The van der Waals surface area contributed by atoms with E-state index in [0.717, 1.165) is 12.8 Å². The van der Waals surface area contributed by atoms with Crippen molar-refractivity contribution < 1.29 is 19.5 Å². The fourth-order valence-electron chi connectivity index (χ4n) is 1.55. The van der Waals surface area contributed by atoms with Gasteiger partial charge in [-0.1, -0.05) is 0 Å². The number of hydroxylamine groups is 1. The maximum Gasteiger partial charge on any atom is 0.332 e. The second-order valence-corrected chi connectivity index (χ2v) is 3.10. The molecule has 0 saturated carbocycles. The Balaban J connectivity index is 2.88. The van der Waals surface area contributed by atoms with E-state index in [-0.39, 0.29) is 5.57 Å². The van der Waals surface area contributed by atoms with Gasteiger partial charge in [-0.3, -0.25) is 9.63 Å². The Bertz CT molecular complexity index is 283. The summed E-state index contributed by atoms with van der Waals surface area (Å²) in [7, 11) is 1.32. The van der Waals surface area contributed by atoms with E-state index in [9.17, 15) is 9.59 Å². The Morgan fingerprint density at radius 1 is 1.29 bits per heavy atom. The van der Waals surface area contributed by atoms with E-state index in [0.29, 0.717) is 18.4 Å². The summed E-state index contributed by atoms with van der Waals surface area (Å²) in [5, 5.41) is 8.85. The first kappa shape index (κ1) is 10.7. The molecule has 0 saturated heterocycles. The van der Waals surface area contributed by atoms with Gasteiger partial charge in [0.15, 0.2) is 0 Å². The van der Waals surface area contributed by atoms with Crippen molar-refractivity contribution in [3.05, 3.63) is 11.1 Å². The molecule has 0 aromatic heterocycles. The SMILES string of the molecule is CONC(=O)C1=C(C(=O)O)CCCC1. The molecule has 1 rings (SSSR count). The molecule has 1 aliphatic rings. The molecular formula is C9H13NO4. The van der Waals surface area contributed by atoms with Crippen LogP contribution in [0.2, 0.25) is 0 Å². The highest BCUT2D eigenvalue weighted by Crippen LogP contribution is 2.24. The second-order valence-electron chi connectivity index (χ2n) is 3.10. The van der Waals surface area contributed by atoms with Gasteiger partial charge in [-0.05, 0) is 25.7 Å². The van der Waals surface area contributed by atoms with Crippen molar-refractivity contribution in [2.45, 2.75) is 25.7 Å². The van der Waals surface area contributed by atoms with Crippen LogP contribution in [-0.2, 0) is 14.4 Å². The maximum atomic E-state index is 11.4. The van der Waals surface area contributed by atoms with Crippen molar-refractivity contribution in [3.63, 3.8) is 0 Å². The van der Waals surface area contributed by atoms with E-state index in [1.54, 1.807) is 0 Å². The van der Waals surface area contributed by atoms with Gasteiger partial charge < -0.3 is 5.11 Å². The monoisotopic (exact) mass is 199 g/mol. The number of aliphatic carboxylic acids is 1. The van der Waals surface area contributed by atoms with Crippen LogP contribution in [0.5, 0.6) is 0 Å². The highest BCUT2D eigenvalue weighted by Gasteiger charge is 2.23. The standard InChI is InChI=1S/C9H13NO4/c1-14-10-8(11)6-4-2-3-5-7(6)9(12)13/h2-5H2,1H3,(H,10,11)(H,12,13). The van der Waals surface area contributed by atoms with E-state index in [1.807, 2.05) is 0 Å². The van der Waals surface area contributed by atoms with Crippen LogP contribution in [0.25, 0.3) is 0 Å². The zero-order valence-electron chi connectivity index (χ0n) is 8.00. The summed E-state index contributed by atoms with van der Waals surface area (Å²) in [5.41, 5.74) is 2.69. The van der Waals surface area contributed by atoms with Crippen LogP contribution >= 0.6 is 0 Å². The van der Waals surface area contributed by atoms with Crippen LogP contribution < -0.4 is 5.48 Å². The van der Waals surface area contributed by atoms with Gasteiger partial charge in [-0.15, -0.1) is 0 Å². The summed E-state index contributed by atoms with van der Waals surface area (Å²) >= 11 is 0. The number of carboxylic acids is 1. The van der Waals surface area contributed by atoms with Gasteiger partial charge >= 0.3 is 5.97 Å². The number of amides is 1. The number of nitrogens with one attached hydrogen (secondary N) is 1. The summed E-state index contributed by atoms with van der Waals surface area (Å²) in [6.07, 6.45) is 2.65. The summed E-state index contributed by atoms with van der Waals surface area (Å²) in [6.45, 7) is 0. The van der Waals surface area contributed by atoms with Gasteiger partial charge in [0.2, 0.25) is 0 Å². The summed E-state index contributed by atoms with van der Waals surface area (Å²) < 4.78 is 0. The highest BCUT2D eigenvalue weighted by molar-refractivity contribution is 6.01. The van der Waals surface area contributed by atoms with Crippen LogP contribution in [0.1, 0.15) is 25.7 Å². The van der Waals surface area contributed by atoms with Gasteiger partial charge in [0.05, 0.1) is 7.11 Å². The fourth-order valence-corrected chi connectivity index (χ4v) is 1.55. The second kappa shape index (κ2) is 4.76.